The molecule has 4 heteroatoms. The molecule has 3 atom stereocenters. The number of rotatable bonds is 5. The average molecular weight is 257 g/mol. The molecule has 0 aliphatic heterocycles. The van der Waals surface area contributed by atoms with Gasteiger partial charge in [0, 0.05) is 16.2 Å². The number of hydrogen-bond donors (Lipinski definition) is 2. The van der Waals surface area contributed by atoms with Gasteiger partial charge in [-0.1, -0.05) is 13.0 Å². The van der Waals surface area contributed by atoms with Crippen LogP contribution in [0.2, 0.25) is 0 Å². The van der Waals surface area contributed by atoms with Gasteiger partial charge in [-0.3, -0.25) is 0 Å². The quantitative estimate of drug-likeness (QED) is 0.795. The standard InChI is InChI=1S/C13H20FNOS/c1-8(15-4)11-5-6-13(12(14)7-11)17-10(3)9(2)16/h5-10,15-16H,1-4H3. The highest BCUT2D eigenvalue weighted by atomic mass is 32.2. The molecule has 1 aromatic rings. The first kappa shape index (κ1) is 14.5. The van der Waals surface area contributed by atoms with Gasteiger partial charge in [-0.2, -0.15) is 0 Å². The van der Waals surface area contributed by atoms with Gasteiger partial charge in [0.25, 0.3) is 0 Å². The summed E-state index contributed by atoms with van der Waals surface area (Å²) in [4.78, 5) is 0.588. The van der Waals surface area contributed by atoms with Crippen LogP contribution in [-0.4, -0.2) is 23.5 Å². The molecule has 0 bridgehead atoms. The number of nitrogens with one attached hydrogen (secondary N) is 1. The van der Waals surface area contributed by atoms with E-state index in [1.807, 2.05) is 27.0 Å². The molecule has 0 aromatic heterocycles. The Kier molecular flexibility index (Phi) is 5.43. The molecule has 0 heterocycles. The van der Waals surface area contributed by atoms with Crippen molar-refractivity contribution in [3.05, 3.63) is 29.6 Å². The van der Waals surface area contributed by atoms with Crippen molar-refractivity contribution in [1.29, 1.82) is 0 Å². The van der Waals surface area contributed by atoms with E-state index in [1.165, 1.54) is 11.8 Å². The Bertz CT molecular complexity index is 370. The summed E-state index contributed by atoms with van der Waals surface area (Å²) in [5.74, 6) is -0.220. The Morgan fingerprint density at radius 2 is 1.94 bits per heavy atom. The summed E-state index contributed by atoms with van der Waals surface area (Å²) in [5.41, 5.74) is 0.930. The van der Waals surface area contributed by atoms with Crippen molar-refractivity contribution in [2.45, 2.75) is 43.1 Å². The maximum Gasteiger partial charge on any atom is 0.137 e. The minimum atomic E-state index is -0.449. The van der Waals surface area contributed by atoms with E-state index in [0.717, 1.165) is 5.56 Å². The van der Waals surface area contributed by atoms with Crippen molar-refractivity contribution in [3.63, 3.8) is 0 Å². The molecule has 0 spiro atoms. The van der Waals surface area contributed by atoms with E-state index in [-0.39, 0.29) is 17.1 Å². The van der Waals surface area contributed by atoms with Crippen LogP contribution in [0.3, 0.4) is 0 Å². The number of benzene rings is 1. The summed E-state index contributed by atoms with van der Waals surface area (Å²) in [5, 5.41) is 12.5. The molecule has 0 saturated carbocycles. The maximum atomic E-state index is 13.8. The summed E-state index contributed by atoms with van der Waals surface area (Å²) in [7, 11) is 1.85. The lowest BCUT2D eigenvalue weighted by Crippen LogP contribution is -2.15. The Balaban J connectivity index is 2.83. The zero-order valence-electron chi connectivity index (χ0n) is 10.7. The Morgan fingerprint density at radius 1 is 1.29 bits per heavy atom. The summed E-state index contributed by atoms with van der Waals surface area (Å²) in [6.07, 6.45) is -0.449. The number of thioether (sulfide) groups is 1. The summed E-state index contributed by atoms with van der Waals surface area (Å²) < 4.78 is 13.8. The Labute approximate surface area is 107 Å². The third kappa shape index (κ3) is 3.98. The maximum absolute atomic E-state index is 13.8. The highest BCUT2D eigenvalue weighted by molar-refractivity contribution is 8.00. The molecule has 0 aliphatic rings. The van der Waals surface area contributed by atoms with Crippen molar-refractivity contribution < 1.29 is 9.50 Å². The van der Waals surface area contributed by atoms with Gasteiger partial charge in [-0.25, -0.2) is 4.39 Å². The van der Waals surface area contributed by atoms with Crippen LogP contribution >= 0.6 is 11.8 Å². The lowest BCUT2D eigenvalue weighted by molar-refractivity contribution is 0.196. The van der Waals surface area contributed by atoms with Gasteiger partial charge in [0.05, 0.1) is 6.10 Å². The van der Waals surface area contributed by atoms with Gasteiger partial charge in [-0.15, -0.1) is 11.8 Å². The van der Waals surface area contributed by atoms with Gasteiger partial charge in [0.1, 0.15) is 5.82 Å². The summed E-state index contributed by atoms with van der Waals surface area (Å²) in [6, 6.07) is 5.39. The number of hydrogen-bond acceptors (Lipinski definition) is 3. The lowest BCUT2D eigenvalue weighted by Gasteiger charge is -2.16. The normalized spacial score (nSPS) is 16.6. The van der Waals surface area contributed by atoms with E-state index in [9.17, 15) is 9.50 Å². The van der Waals surface area contributed by atoms with Gasteiger partial charge in [-0.05, 0) is 38.6 Å². The molecule has 0 saturated heterocycles. The van der Waals surface area contributed by atoms with Crippen LogP contribution in [0.5, 0.6) is 0 Å². The van der Waals surface area contributed by atoms with E-state index >= 15 is 0 Å². The molecule has 96 valence electrons. The van der Waals surface area contributed by atoms with E-state index in [0.29, 0.717) is 4.90 Å². The van der Waals surface area contributed by atoms with E-state index in [4.69, 9.17) is 0 Å². The van der Waals surface area contributed by atoms with Crippen LogP contribution in [0, 0.1) is 5.82 Å². The Morgan fingerprint density at radius 3 is 2.41 bits per heavy atom. The van der Waals surface area contributed by atoms with Crippen LogP contribution in [-0.2, 0) is 0 Å². The van der Waals surface area contributed by atoms with Crippen LogP contribution < -0.4 is 5.32 Å². The summed E-state index contributed by atoms with van der Waals surface area (Å²) in [6.45, 7) is 5.59. The molecule has 17 heavy (non-hydrogen) atoms. The van der Waals surface area contributed by atoms with E-state index in [2.05, 4.69) is 5.32 Å². The van der Waals surface area contributed by atoms with Crippen LogP contribution in [0.1, 0.15) is 32.4 Å². The highest BCUT2D eigenvalue weighted by Crippen LogP contribution is 2.29. The first-order valence-corrected chi connectivity index (χ1v) is 6.65. The molecule has 1 aromatic carbocycles. The zero-order chi connectivity index (χ0) is 13.0. The third-order valence-corrected chi connectivity index (χ3v) is 4.23. The predicted octanol–water partition coefficient (Wildman–Crippen LogP) is 2.97. The molecule has 2 nitrogen and oxygen atoms in total. The van der Waals surface area contributed by atoms with Gasteiger partial charge in [0.15, 0.2) is 0 Å². The van der Waals surface area contributed by atoms with Crippen LogP contribution in [0.4, 0.5) is 4.39 Å². The molecule has 0 amide bonds. The molecule has 0 aliphatic carbocycles. The summed E-state index contributed by atoms with van der Waals surface area (Å²) >= 11 is 1.36. The molecule has 2 N–H and O–H groups in total. The molecule has 1 rings (SSSR count). The first-order chi connectivity index (χ1) is 7.95. The molecular formula is C13H20FNOS. The average Bonchev–Trinajstić information content (AvgIpc) is 2.30. The fraction of sp³-hybridized carbons (Fsp3) is 0.538. The second-order valence-electron chi connectivity index (χ2n) is 4.26. The van der Waals surface area contributed by atoms with Crippen molar-refractivity contribution in [1.82, 2.24) is 5.32 Å². The minimum Gasteiger partial charge on any atom is -0.392 e. The third-order valence-electron chi connectivity index (χ3n) is 2.88. The molecule has 3 unspecified atom stereocenters. The number of halogens is 1. The van der Waals surface area contributed by atoms with Gasteiger partial charge < -0.3 is 10.4 Å². The number of aliphatic hydroxyl groups excluding tert-OH is 1. The largest absolute Gasteiger partial charge is 0.392 e. The SMILES string of the molecule is CNC(C)c1ccc(SC(C)C(C)O)c(F)c1. The predicted molar refractivity (Wildman–Crippen MR) is 70.9 cm³/mol. The zero-order valence-corrected chi connectivity index (χ0v) is 11.5. The monoisotopic (exact) mass is 257 g/mol. The Hall–Kier alpha value is -0.580. The smallest absolute Gasteiger partial charge is 0.137 e. The van der Waals surface area contributed by atoms with Gasteiger partial charge >= 0.3 is 0 Å². The topological polar surface area (TPSA) is 32.3 Å². The van der Waals surface area contributed by atoms with Crippen molar-refractivity contribution in [2.75, 3.05) is 7.05 Å². The second kappa shape index (κ2) is 6.38. The van der Waals surface area contributed by atoms with Crippen molar-refractivity contribution in [2.24, 2.45) is 0 Å². The minimum absolute atomic E-state index is 0.0166. The van der Waals surface area contributed by atoms with Crippen LogP contribution in [0.25, 0.3) is 0 Å². The van der Waals surface area contributed by atoms with E-state index in [1.54, 1.807) is 19.1 Å². The van der Waals surface area contributed by atoms with Gasteiger partial charge in [0.2, 0.25) is 0 Å². The van der Waals surface area contributed by atoms with Crippen molar-refractivity contribution in [3.8, 4) is 0 Å². The van der Waals surface area contributed by atoms with E-state index < -0.39 is 6.10 Å². The number of aliphatic hydroxyl groups is 1. The fourth-order valence-corrected chi connectivity index (χ4v) is 2.26. The van der Waals surface area contributed by atoms with Crippen molar-refractivity contribution >= 4 is 11.8 Å². The van der Waals surface area contributed by atoms with Crippen LogP contribution in [0.15, 0.2) is 23.1 Å². The first-order valence-electron chi connectivity index (χ1n) is 5.77. The molecular weight excluding hydrogens is 237 g/mol. The highest BCUT2D eigenvalue weighted by Gasteiger charge is 2.14. The molecule has 0 radical (unpaired) electrons. The molecule has 0 fully saturated rings. The lowest BCUT2D eigenvalue weighted by atomic mass is 10.1. The second-order valence-corrected chi connectivity index (χ2v) is 5.68. The fourth-order valence-electron chi connectivity index (χ4n) is 1.35.